The molecule has 4 heteroatoms. The van der Waals surface area contributed by atoms with Crippen molar-refractivity contribution in [1.82, 2.24) is 10.2 Å². The first-order chi connectivity index (χ1) is 10.3. The van der Waals surface area contributed by atoms with E-state index in [0.29, 0.717) is 24.8 Å². The highest BCUT2D eigenvalue weighted by atomic mass is 16.5. The zero-order valence-corrected chi connectivity index (χ0v) is 11.8. The molecule has 4 nitrogen and oxygen atoms in total. The van der Waals surface area contributed by atoms with Crippen LogP contribution in [0.3, 0.4) is 0 Å². The van der Waals surface area contributed by atoms with E-state index in [1.807, 2.05) is 61.5 Å². The quantitative estimate of drug-likeness (QED) is 0.715. The second-order valence-corrected chi connectivity index (χ2v) is 4.78. The van der Waals surface area contributed by atoms with Gasteiger partial charge in [0, 0.05) is 5.56 Å². The number of hydrogen-bond donors (Lipinski definition) is 0. The molecule has 0 radical (unpaired) electrons. The van der Waals surface area contributed by atoms with E-state index in [1.54, 1.807) is 0 Å². The van der Waals surface area contributed by atoms with Gasteiger partial charge in [0.05, 0.1) is 13.0 Å². The zero-order chi connectivity index (χ0) is 14.5. The Morgan fingerprint density at radius 1 is 1.00 bits per heavy atom. The minimum Gasteiger partial charge on any atom is -0.493 e. The molecule has 0 fully saturated rings. The lowest BCUT2D eigenvalue weighted by Crippen LogP contribution is -2.01. The van der Waals surface area contributed by atoms with Crippen LogP contribution in [-0.4, -0.2) is 16.8 Å². The lowest BCUT2D eigenvalue weighted by atomic mass is 10.2. The van der Waals surface area contributed by atoms with Crippen molar-refractivity contribution in [2.45, 2.75) is 13.3 Å². The van der Waals surface area contributed by atoms with E-state index in [1.165, 1.54) is 5.56 Å². The Kier molecular flexibility index (Phi) is 3.96. The number of benzene rings is 2. The monoisotopic (exact) mass is 280 g/mol. The van der Waals surface area contributed by atoms with E-state index < -0.39 is 0 Å². The van der Waals surface area contributed by atoms with Gasteiger partial charge in [0.15, 0.2) is 0 Å². The van der Waals surface area contributed by atoms with Crippen LogP contribution in [0.2, 0.25) is 0 Å². The van der Waals surface area contributed by atoms with Crippen LogP contribution < -0.4 is 4.74 Å². The third-order valence-corrected chi connectivity index (χ3v) is 3.06. The van der Waals surface area contributed by atoms with Crippen molar-refractivity contribution in [3.8, 4) is 17.2 Å². The van der Waals surface area contributed by atoms with Crippen LogP contribution in [0.25, 0.3) is 11.5 Å². The molecule has 0 saturated carbocycles. The number of aryl methyl sites for hydroxylation is 1. The average Bonchev–Trinajstić information content (AvgIpc) is 2.97. The van der Waals surface area contributed by atoms with Crippen molar-refractivity contribution in [2.75, 3.05) is 6.61 Å². The minimum atomic E-state index is 0.514. The molecule has 21 heavy (non-hydrogen) atoms. The van der Waals surface area contributed by atoms with E-state index in [9.17, 15) is 0 Å². The van der Waals surface area contributed by atoms with Gasteiger partial charge in [-0.1, -0.05) is 30.3 Å². The summed E-state index contributed by atoms with van der Waals surface area (Å²) in [5.41, 5.74) is 2.10. The van der Waals surface area contributed by atoms with Crippen LogP contribution in [0.15, 0.2) is 59.0 Å². The average molecular weight is 280 g/mol. The number of ether oxygens (including phenoxy) is 1. The molecule has 0 aliphatic carbocycles. The van der Waals surface area contributed by atoms with Gasteiger partial charge in [-0.25, -0.2) is 0 Å². The van der Waals surface area contributed by atoms with Crippen molar-refractivity contribution in [2.24, 2.45) is 0 Å². The summed E-state index contributed by atoms with van der Waals surface area (Å²) in [5, 5.41) is 8.10. The van der Waals surface area contributed by atoms with Crippen LogP contribution in [-0.2, 0) is 6.42 Å². The van der Waals surface area contributed by atoms with Crippen molar-refractivity contribution in [1.29, 1.82) is 0 Å². The first kappa shape index (κ1) is 13.4. The maximum atomic E-state index is 5.68. The van der Waals surface area contributed by atoms with Crippen molar-refractivity contribution in [3.05, 3.63) is 66.1 Å². The van der Waals surface area contributed by atoms with E-state index in [4.69, 9.17) is 9.15 Å². The van der Waals surface area contributed by atoms with Gasteiger partial charge in [-0.2, -0.15) is 0 Å². The van der Waals surface area contributed by atoms with Gasteiger partial charge in [-0.15, -0.1) is 10.2 Å². The first-order valence-corrected chi connectivity index (χ1v) is 6.88. The molecule has 0 spiro atoms. The SMILES string of the molecule is Cc1cccc(OCCc2nnc(-c3ccccc3)o2)c1. The fraction of sp³-hybridized carbons (Fsp3) is 0.176. The second-order valence-electron chi connectivity index (χ2n) is 4.78. The summed E-state index contributed by atoms with van der Waals surface area (Å²) < 4.78 is 11.3. The number of rotatable bonds is 5. The molecule has 106 valence electrons. The molecule has 2 aromatic carbocycles. The third-order valence-electron chi connectivity index (χ3n) is 3.06. The van der Waals surface area contributed by atoms with Gasteiger partial charge in [-0.3, -0.25) is 0 Å². The third kappa shape index (κ3) is 3.48. The molecule has 0 unspecified atom stereocenters. The minimum absolute atomic E-state index is 0.514. The highest BCUT2D eigenvalue weighted by Gasteiger charge is 2.08. The molecule has 3 aromatic rings. The molecule has 0 atom stereocenters. The van der Waals surface area contributed by atoms with Gasteiger partial charge < -0.3 is 9.15 Å². The largest absolute Gasteiger partial charge is 0.493 e. The summed E-state index contributed by atoms with van der Waals surface area (Å²) >= 11 is 0. The van der Waals surface area contributed by atoms with Gasteiger partial charge in [-0.05, 0) is 36.8 Å². The van der Waals surface area contributed by atoms with E-state index in [2.05, 4.69) is 10.2 Å². The van der Waals surface area contributed by atoms with E-state index in [0.717, 1.165) is 11.3 Å². The van der Waals surface area contributed by atoms with E-state index >= 15 is 0 Å². The van der Waals surface area contributed by atoms with Gasteiger partial charge in [0.25, 0.3) is 0 Å². The Hall–Kier alpha value is -2.62. The van der Waals surface area contributed by atoms with Crippen LogP contribution >= 0.6 is 0 Å². The molecular formula is C17H16N2O2. The molecule has 0 bridgehead atoms. The fourth-order valence-electron chi connectivity index (χ4n) is 2.01. The fourth-order valence-corrected chi connectivity index (χ4v) is 2.01. The predicted octanol–water partition coefficient (Wildman–Crippen LogP) is 3.67. The van der Waals surface area contributed by atoms with Gasteiger partial charge in [0.2, 0.25) is 11.8 Å². The molecule has 1 heterocycles. The summed E-state index contributed by atoms with van der Waals surface area (Å²) in [6.45, 7) is 2.55. The van der Waals surface area contributed by atoms with Gasteiger partial charge >= 0.3 is 0 Å². The Morgan fingerprint density at radius 2 is 1.86 bits per heavy atom. The van der Waals surface area contributed by atoms with E-state index in [-0.39, 0.29) is 0 Å². The first-order valence-electron chi connectivity index (χ1n) is 6.88. The maximum absolute atomic E-state index is 5.68. The molecule has 0 saturated heterocycles. The topological polar surface area (TPSA) is 48.2 Å². The maximum Gasteiger partial charge on any atom is 0.247 e. The Morgan fingerprint density at radius 3 is 2.67 bits per heavy atom. The molecule has 0 amide bonds. The second kappa shape index (κ2) is 6.22. The molecule has 3 rings (SSSR count). The molecule has 0 aliphatic heterocycles. The number of nitrogens with zero attached hydrogens (tertiary/aromatic N) is 2. The van der Waals surface area contributed by atoms with Gasteiger partial charge in [0.1, 0.15) is 5.75 Å². The van der Waals surface area contributed by atoms with Crippen molar-refractivity contribution in [3.63, 3.8) is 0 Å². The summed E-state index contributed by atoms with van der Waals surface area (Å²) in [4.78, 5) is 0. The zero-order valence-electron chi connectivity index (χ0n) is 11.8. The molecular weight excluding hydrogens is 264 g/mol. The Bertz CT molecular complexity index is 708. The molecule has 0 N–H and O–H groups in total. The normalized spacial score (nSPS) is 10.5. The lowest BCUT2D eigenvalue weighted by molar-refractivity contribution is 0.307. The van der Waals surface area contributed by atoms with Crippen LogP contribution in [0.1, 0.15) is 11.5 Å². The highest BCUT2D eigenvalue weighted by Crippen LogP contribution is 2.17. The Labute approximate surface area is 123 Å². The summed E-state index contributed by atoms with van der Waals surface area (Å²) in [6.07, 6.45) is 0.591. The molecule has 1 aromatic heterocycles. The number of aromatic nitrogens is 2. The van der Waals surface area contributed by atoms with Crippen molar-refractivity contribution >= 4 is 0 Å². The molecule has 0 aliphatic rings. The van der Waals surface area contributed by atoms with Crippen molar-refractivity contribution < 1.29 is 9.15 Å². The summed E-state index contributed by atoms with van der Waals surface area (Å²) in [5.74, 6) is 1.99. The highest BCUT2D eigenvalue weighted by molar-refractivity contribution is 5.51. The summed E-state index contributed by atoms with van der Waals surface area (Å²) in [7, 11) is 0. The lowest BCUT2D eigenvalue weighted by Gasteiger charge is -2.04. The Balaban J connectivity index is 1.58. The summed E-state index contributed by atoms with van der Waals surface area (Å²) in [6, 6.07) is 17.7. The van der Waals surface area contributed by atoms with Crippen LogP contribution in [0.4, 0.5) is 0 Å². The van der Waals surface area contributed by atoms with Crippen LogP contribution in [0, 0.1) is 6.92 Å². The predicted molar refractivity (Wildman–Crippen MR) is 80.1 cm³/mol. The smallest absolute Gasteiger partial charge is 0.247 e. The number of hydrogen-bond acceptors (Lipinski definition) is 4. The standard InChI is InChI=1S/C17H16N2O2/c1-13-6-5-9-15(12-13)20-11-10-16-18-19-17(21-16)14-7-3-2-4-8-14/h2-9,12H,10-11H2,1H3. The van der Waals surface area contributed by atoms with Crippen LogP contribution in [0.5, 0.6) is 5.75 Å².